The first kappa shape index (κ1) is 15.0. The smallest absolute Gasteiger partial charge is 0.252 e. The molecule has 1 aliphatic rings. The van der Waals surface area contributed by atoms with Gasteiger partial charge in [-0.05, 0) is 18.8 Å². The minimum absolute atomic E-state index is 0.109. The van der Waals surface area contributed by atoms with Gasteiger partial charge in [0.25, 0.3) is 5.56 Å². The predicted molar refractivity (Wildman–Crippen MR) is 82.0 cm³/mol. The van der Waals surface area contributed by atoms with Crippen LogP contribution in [0.2, 0.25) is 0 Å². The highest BCUT2D eigenvalue weighted by Gasteiger charge is 2.34. The van der Waals surface area contributed by atoms with Crippen LogP contribution in [0.4, 0.5) is 5.82 Å². The average molecular weight is 278 g/mol. The first-order valence-electron chi connectivity index (χ1n) is 7.53. The molecule has 2 rings (SSSR count). The molecule has 5 heteroatoms. The first-order chi connectivity index (χ1) is 9.44. The van der Waals surface area contributed by atoms with E-state index in [0.29, 0.717) is 18.3 Å². The van der Waals surface area contributed by atoms with Crippen molar-refractivity contribution in [2.75, 3.05) is 11.9 Å². The minimum atomic E-state index is -0.118. The zero-order chi connectivity index (χ0) is 14.8. The summed E-state index contributed by atoms with van der Waals surface area (Å²) in [5.41, 5.74) is 5.78. The molecule has 0 saturated heterocycles. The van der Waals surface area contributed by atoms with Crippen LogP contribution in [0.3, 0.4) is 0 Å². The molecule has 1 heterocycles. The second kappa shape index (κ2) is 5.95. The highest BCUT2D eigenvalue weighted by Crippen LogP contribution is 2.33. The van der Waals surface area contributed by atoms with Crippen LogP contribution in [-0.2, 0) is 0 Å². The maximum atomic E-state index is 11.7. The van der Waals surface area contributed by atoms with Crippen molar-refractivity contribution in [1.82, 2.24) is 9.97 Å². The summed E-state index contributed by atoms with van der Waals surface area (Å²) >= 11 is 0. The van der Waals surface area contributed by atoms with Gasteiger partial charge in [-0.25, -0.2) is 4.98 Å². The molecule has 0 radical (unpaired) electrons. The summed E-state index contributed by atoms with van der Waals surface area (Å²) in [6.07, 6.45) is 4.50. The standard InChI is InChI=1S/C15H26N4O/c1-10(2)14-17-12(7-13(20)18-14)19-15(9-16)6-4-5-11(3)8-15/h7,10-11H,4-6,8-9,16H2,1-3H3,(H2,17,18,19,20). The number of rotatable bonds is 4. The van der Waals surface area contributed by atoms with Crippen LogP contribution in [0, 0.1) is 5.92 Å². The molecule has 1 aromatic rings. The zero-order valence-electron chi connectivity index (χ0n) is 12.7. The molecule has 2 unspecified atom stereocenters. The predicted octanol–water partition coefficient (Wildman–Crippen LogP) is 2.21. The molecule has 0 spiro atoms. The maximum absolute atomic E-state index is 11.7. The van der Waals surface area contributed by atoms with Gasteiger partial charge < -0.3 is 16.0 Å². The molecule has 112 valence electrons. The van der Waals surface area contributed by atoms with Gasteiger partial charge >= 0.3 is 0 Å². The fraction of sp³-hybridized carbons (Fsp3) is 0.733. The van der Waals surface area contributed by atoms with E-state index in [2.05, 4.69) is 22.2 Å². The Labute approximate surface area is 120 Å². The lowest BCUT2D eigenvalue weighted by atomic mass is 9.76. The molecule has 0 aliphatic heterocycles. The molecule has 1 fully saturated rings. The highest BCUT2D eigenvalue weighted by molar-refractivity contribution is 5.37. The second-order valence-electron chi connectivity index (χ2n) is 6.48. The Morgan fingerprint density at radius 2 is 2.35 bits per heavy atom. The summed E-state index contributed by atoms with van der Waals surface area (Å²) in [7, 11) is 0. The van der Waals surface area contributed by atoms with E-state index in [9.17, 15) is 4.79 Å². The van der Waals surface area contributed by atoms with Crippen molar-refractivity contribution in [3.8, 4) is 0 Å². The Bertz CT molecular complexity index is 511. The number of hydrogen-bond acceptors (Lipinski definition) is 4. The molecule has 2 atom stereocenters. The van der Waals surface area contributed by atoms with Crippen LogP contribution in [0.1, 0.15) is 58.2 Å². The van der Waals surface area contributed by atoms with E-state index in [1.165, 1.54) is 18.9 Å². The molecule has 0 bridgehead atoms. The van der Waals surface area contributed by atoms with Crippen molar-refractivity contribution >= 4 is 5.82 Å². The van der Waals surface area contributed by atoms with Crippen molar-refractivity contribution in [1.29, 1.82) is 0 Å². The van der Waals surface area contributed by atoms with Crippen molar-refractivity contribution in [3.63, 3.8) is 0 Å². The van der Waals surface area contributed by atoms with Gasteiger partial charge in [-0.1, -0.05) is 33.6 Å². The molecular formula is C15H26N4O. The van der Waals surface area contributed by atoms with E-state index in [4.69, 9.17) is 5.73 Å². The lowest BCUT2D eigenvalue weighted by Crippen LogP contribution is -2.49. The summed E-state index contributed by atoms with van der Waals surface area (Å²) in [5, 5.41) is 3.45. The van der Waals surface area contributed by atoms with Crippen LogP contribution >= 0.6 is 0 Å². The van der Waals surface area contributed by atoms with Crippen LogP contribution in [0.15, 0.2) is 10.9 Å². The van der Waals surface area contributed by atoms with Gasteiger partial charge in [0.05, 0.1) is 5.54 Å². The van der Waals surface area contributed by atoms with Gasteiger partial charge in [-0.15, -0.1) is 0 Å². The van der Waals surface area contributed by atoms with E-state index in [-0.39, 0.29) is 17.0 Å². The fourth-order valence-electron chi connectivity index (χ4n) is 3.10. The Kier molecular flexibility index (Phi) is 4.48. The molecular weight excluding hydrogens is 252 g/mol. The minimum Gasteiger partial charge on any atom is -0.363 e. The number of nitrogens with one attached hydrogen (secondary N) is 2. The molecule has 0 aromatic carbocycles. The highest BCUT2D eigenvalue weighted by atomic mass is 16.1. The summed E-state index contributed by atoms with van der Waals surface area (Å²) in [4.78, 5) is 19.1. The molecule has 5 nitrogen and oxygen atoms in total. The SMILES string of the molecule is CC1CCCC(CN)(Nc2cc(=O)[nH]c(C(C)C)n2)C1. The monoisotopic (exact) mass is 278 g/mol. The zero-order valence-corrected chi connectivity index (χ0v) is 12.7. The Hall–Kier alpha value is -1.36. The normalized spacial score (nSPS) is 26.8. The quantitative estimate of drug-likeness (QED) is 0.788. The third kappa shape index (κ3) is 3.39. The summed E-state index contributed by atoms with van der Waals surface area (Å²) in [6, 6.07) is 1.53. The molecule has 1 aromatic heterocycles. The summed E-state index contributed by atoms with van der Waals surface area (Å²) in [6.45, 7) is 6.87. The largest absolute Gasteiger partial charge is 0.363 e. The van der Waals surface area contributed by atoms with Crippen molar-refractivity contribution < 1.29 is 0 Å². The topological polar surface area (TPSA) is 83.8 Å². The van der Waals surface area contributed by atoms with Crippen molar-refractivity contribution in [2.45, 2.75) is 57.9 Å². The summed E-state index contributed by atoms with van der Waals surface area (Å²) < 4.78 is 0. The van der Waals surface area contributed by atoms with Crippen molar-refractivity contribution in [2.24, 2.45) is 11.7 Å². The molecule has 1 aliphatic carbocycles. The number of aromatic nitrogens is 2. The number of nitrogens with zero attached hydrogens (tertiary/aromatic N) is 1. The second-order valence-corrected chi connectivity index (χ2v) is 6.48. The Morgan fingerprint density at radius 3 is 2.95 bits per heavy atom. The third-order valence-corrected chi connectivity index (χ3v) is 4.18. The number of nitrogens with two attached hydrogens (primary N) is 1. The molecule has 20 heavy (non-hydrogen) atoms. The van der Waals surface area contributed by atoms with E-state index in [1.54, 1.807) is 0 Å². The summed E-state index contributed by atoms with van der Waals surface area (Å²) in [5.74, 6) is 2.22. The van der Waals surface area contributed by atoms with Gasteiger partial charge in [0.1, 0.15) is 11.6 Å². The number of H-pyrrole nitrogens is 1. The van der Waals surface area contributed by atoms with E-state index in [0.717, 1.165) is 18.7 Å². The van der Waals surface area contributed by atoms with Gasteiger partial charge in [0, 0.05) is 18.5 Å². The lowest BCUT2D eigenvalue weighted by molar-refractivity contribution is 0.263. The third-order valence-electron chi connectivity index (χ3n) is 4.18. The number of anilines is 1. The molecule has 1 saturated carbocycles. The first-order valence-corrected chi connectivity index (χ1v) is 7.53. The van der Waals surface area contributed by atoms with Crippen LogP contribution in [-0.4, -0.2) is 22.1 Å². The Balaban J connectivity index is 2.25. The van der Waals surface area contributed by atoms with Crippen LogP contribution in [0.25, 0.3) is 0 Å². The molecule has 0 amide bonds. The van der Waals surface area contributed by atoms with Gasteiger partial charge in [-0.3, -0.25) is 4.79 Å². The number of hydrogen-bond donors (Lipinski definition) is 3. The molecule has 4 N–H and O–H groups in total. The Morgan fingerprint density at radius 1 is 1.60 bits per heavy atom. The fourth-order valence-corrected chi connectivity index (χ4v) is 3.10. The average Bonchev–Trinajstić information content (AvgIpc) is 2.38. The van der Waals surface area contributed by atoms with Gasteiger partial charge in [0.2, 0.25) is 0 Å². The van der Waals surface area contributed by atoms with Crippen LogP contribution in [0.5, 0.6) is 0 Å². The van der Waals surface area contributed by atoms with Crippen molar-refractivity contribution in [3.05, 3.63) is 22.2 Å². The van der Waals surface area contributed by atoms with Gasteiger partial charge in [0.15, 0.2) is 0 Å². The maximum Gasteiger partial charge on any atom is 0.252 e. The van der Waals surface area contributed by atoms with E-state index >= 15 is 0 Å². The van der Waals surface area contributed by atoms with E-state index < -0.39 is 0 Å². The number of aromatic amines is 1. The van der Waals surface area contributed by atoms with Crippen LogP contribution < -0.4 is 16.6 Å². The van der Waals surface area contributed by atoms with Gasteiger partial charge in [-0.2, -0.15) is 0 Å². The lowest BCUT2D eigenvalue weighted by Gasteiger charge is -2.40. The van der Waals surface area contributed by atoms with E-state index in [1.807, 2.05) is 13.8 Å².